The Kier molecular flexibility index (Phi) is 4.99. The first-order valence-corrected chi connectivity index (χ1v) is 7.75. The normalized spacial score (nSPS) is 19.8. The Morgan fingerprint density at radius 2 is 2.27 bits per heavy atom. The van der Waals surface area contributed by atoms with E-state index in [0.29, 0.717) is 17.7 Å². The number of rotatable bonds is 5. The second-order valence-electron chi connectivity index (χ2n) is 6.01. The summed E-state index contributed by atoms with van der Waals surface area (Å²) in [6.45, 7) is 7.69. The predicted octanol–water partition coefficient (Wildman–Crippen LogP) is 2.41. The van der Waals surface area contributed by atoms with Crippen LogP contribution in [0.4, 0.5) is 23.3 Å². The molecule has 0 saturated carbocycles. The molecular formula is C14H24N6O2. The molecule has 8 heteroatoms. The minimum absolute atomic E-state index is 0.0842. The van der Waals surface area contributed by atoms with Gasteiger partial charge in [0.15, 0.2) is 0 Å². The number of nitrogens with two attached hydrogens (primary N) is 1. The minimum atomic E-state index is -0.489. The largest absolute Gasteiger partial charge is 0.378 e. The summed E-state index contributed by atoms with van der Waals surface area (Å²) in [4.78, 5) is 21.2. The molecule has 3 N–H and O–H groups in total. The molecule has 1 saturated heterocycles. The van der Waals surface area contributed by atoms with Crippen molar-refractivity contribution < 1.29 is 4.92 Å². The SMILES string of the molecule is CC[C@@H](C)Nc1nc(N)c([N+](=O)[O-])c(N2CCC[C@H](C)C2)n1. The standard InChI is InChI=1S/C14H24N6O2/c1-4-10(3)16-14-17-12(15)11(20(21)22)13(18-14)19-7-5-6-9(2)8-19/h9-10H,4-8H2,1-3H3,(H3,15,16,17,18)/t9-,10+/m0/s1. The van der Waals surface area contributed by atoms with Crippen LogP contribution in [0.25, 0.3) is 0 Å². The third kappa shape index (κ3) is 3.55. The molecular weight excluding hydrogens is 284 g/mol. The van der Waals surface area contributed by atoms with Gasteiger partial charge in [-0.25, -0.2) is 0 Å². The first kappa shape index (κ1) is 16.3. The second kappa shape index (κ2) is 6.76. The average molecular weight is 308 g/mol. The van der Waals surface area contributed by atoms with Gasteiger partial charge in [-0.05, 0) is 32.1 Å². The zero-order chi connectivity index (χ0) is 16.3. The summed E-state index contributed by atoms with van der Waals surface area (Å²) in [5.74, 6) is 1.08. The molecule has 22 heavy (non-hydrogen) atoms. The van der Waals surface area contributed by atoms with Crippen molar-refractivity contribution >= 4 is 23.3 Å². The topological polar surface area (TPSA) is 110 Å². The molecule has 0 radical (unpaired) electrons. The van der Waals surface area contributed by atoms with E-state index in [2.05, 4.69) is 22.2 Å². The van der Waals surface area contributed by atoms with Gasteiger partial charge in [0.1, 0.15) is 0 Å². The van der Waals surface area contributed by atoms with Gasteiger partial charge in [-0.15, -0.1) is 0 Å². The van der Waals surface area contributed by atoms with Gasteiger partial charge in [0.05, 0.1) is 4.92 Å². The van der Waals surface area contributed by atoms with Gasteiger partial charge in [-0.3, -0.25) is 10.1 Å². The third-order valence-corrected chi connectivity index (χ3v) is 4.02. The molecule has 0 bridgehead atoms. The van der Waals surface area contributed by atoms with Gasteiger partial charge in [0, 0.05) is 19.1 Å². The van der Waals surface area contributed by atoms with Crippen LogP contribution in [-0.4, -0.2) is 34.0 Å². The Morgan fingerprint density at radius 1 is 1.55 bits per heavy atom. The molecule has 1 aliphatic heterocycles. The Morgan fingerprint density at radius 3 is 2.86 bits per heavy atom. The zero-order valence-electron chi connectivity index (χ0n) is 13.4. The molecule has 1 aliphatic rings. The summed E-state index contributed by atoms with van der Waals surface area (Å²) < 4.78 is 0. The number of anilines is 3. The number of nitro groups is 1. The van der Waals surface area contributed by atoms with E-state index in [4.69, 9.17) is 5.73 Å². The molecule has 2 heterocycles. The van der Waals surface area contributed by atoms with Crippen molar-refractivity contribution in [2.24, 2.45) is 5.92 Å². The van der Waals surface area contributed by atoms with Crippen molar-refractivity contribution in [1.29, 1.82) is 0 Å². The molecule has 0 aliphatic carbocycles. The van der Waals surface area contributed by atoms with E-state index in [0.717, 1.165) is 32.4 Å². The van der Waals surface area contributed by atoms with Gasteiger partial charge in [-0.2, -0.15) is 9.97 Å². The third-order valence-electron chi connectivity index (χ3n) is 4.02. The average Bonchev–Trinajstić information content (AvgIpc) is 2.46. The zero-order valence-corrected chi connectivity index (χ0v) is 13.4. The fraction of sp³-hybridized carbons (Fsp3) is 0.714. The lowest BCUT2D eigenvalue weighted by molar-refractivity contribution is -0.383. The molecule has 2 rings (SSSR count). The Bertz CT molecular complexity index is 550. The molecule has 1 aromatic heterocycles. The predicted molar refractivity (Wildman–Crippen MR) is 87.1 cm³/mol. The van der Waals surface area contributed by atoms with Crippen LogP contribution in [0.1, 0.15) is 40.0 Å². The van der Waals surface area contributed by atoms with Crippen molar-refractivity contribution in [3.63, 3.8) is 0 Å². The number of nitrogens with one attached hydrogen (secondary N) is 1. The van der Waals surface area contributed by atoms with Crippen LogP contribution in [0.5, 0.6) is 0 Å². The van der Waals surface area contributed by atoms with Crippen LogP contribution < -0.4 is 16.0 Å². The number of nitrogen functional groups attached to an aromatic ring is 1. The van der Waals surface area contributed by atoms with E-state index in [9.17, 15) is 10.1 Å². The fourth-order valence-corrected chi connectivity index (χ4v) is 2.62. The highest BCUT2D eigenvalue weighted by Crippen LogP contribution is 2.34. The number of hydrogen-bond donors (Lipinski definition) is 2. The summed E-state index contributed by atoms with van der Waals surface area (Å²) in [6.07, 6.45) is 3.02. The maximum Gasteiger partial charge on any atom is 0.353 e. The fourth-order valence-electron chi connectivity index (χ4n) is 2.62. The Balaban J connectivity index is 2.40. The molecule has 122 valence electrons. The monoisotopic (exact) mass is 308 g/mol. The second-order valence-corrected chi connectivity index (χ2v) is 6.01. The van der Waals surface area contributed by atoms with Gasteiger partial charge in [0.2, 0.25) is 17.6 Å². The van der Waals surface area contributed by atoms with Crippen LogP contribution in [-0.2, 0) is 0 Å². The van der Waals surface area contributed by atoms with E-state index in [1.165, 1.54) is 0 Å². The highest BCUT2D eigenvalue weighted by Gasteiger charge is 2.29. The van der Waals surface area contributed by atoms with Crippen molar-refractivity contribution in [2.45, 2.75) is 46.1 Å². The van der Waals surface area contributed by atoms with E-state index in [1.807, 2.05) is 18.7 Å². The van der Waals surface area contributed by atoms with Crippen molar-refractivity contribution in [1.82, 2.24) is 9.97 Å². The molecule has 0 spiro atoms. The lowest BCUT2D eigenvalue weighted by Crippen LogP contribution is -2.35. The maximum absolute atomic E-state index is 11.4. The van der Waals surface area contributed by atoms with Crippen molar-refractivity contribution in [2.75, 3.05) is 29.0 Å². The van der Waals surface area contributed by atoms with E-state index >= 15 is 0 Å². The van der Waals surface area contributed by atoms with Crippen LogP contribution in [0.2, 0.25) is 0 Å². The van der Waals surface area contributed by atoms with E-state index in [-0.39, 0.29) is 17.5 Å². The van der Waals surface area contributed by atoms with Crippen molar-refractivity contribution in [3.8, 4) is 0 Å². The lowest BCUT2D eigenvalue weighted by atomic mass is 10.0. The summed E-state index contributed by atoms with van der Waals surface area (Å²) in [7, 11) is 0. The quantitative estimate of drug-likeness (QED) is 0.634. The van der Waals surface area contributed by atoms with Crippen LogP contribution >= 0.6 is 0 Å². The maximum atomic E-state index is 11.4. The Hall–Kier alpha value is -2.12. The smallest absolute Gasteiger partial charge is 0.353 e. The number of aromatic nitrogens is 2. The Labute approximate surface area is 130 Å². The summed E-state index contributed by atoms with van der Waals surface area (Å²) in [5, 5.41) is 14.5. The first-order chi connectivity index (χ1) is 10.4. The first-order valence-electron chi connectivity index (χ1n) is 7.75. The summed E-state index contributed by atoms with van der Waals surface area (Å²) in [6, 6.07) is 0.175. The highest BCUT2D eigenvalue weighted by atomic mass is 16.6. The molecule has 8 nitrogen and oxygen atoms in total. The summed E-state index contributed by atoms with van der Waals surface area (Å²) in [5.41, 5.74) is 5.63. The molecule has 0 unspecified atom stereocenters. The molecule has 1 fully saturated rings. The number of nitrogens with zero attached hydrogens (tertiary/aromatic N) is 4. The lowest BCUT2D eigenvalue weighted by Gasteiger charge is -2.31. The molecule has 1 aromatic rings. The van der Waals surface area contributed by atoms with E-state index in [1.54, 1.807) is 0 Å². The molecule has 2 atom stereocenters. The number of piperidine rings is 1. The van der Waals surface area contributed by atoms with Crippen LogP contribution in [0, 0.1) is 16.0 Å². The molecule has 0 amide bonds. The van der Waals surface area contributed by atoms with Gasteiger partial charge in [0.25, 0.3) is 0 Å². The minimum Gasteiger partial charge on any atom is -0.378 e. The molecule has 0 aromatic carbocycles. The van der Waals surface area contributed by atoms with Gasteiger partial charge < -0.3 is 16.0 Å². The van der Waals surface area contributed by atoms with Gasteiger partial charge in [-0.1, -0.05) is 13.8 Å². The summed E-state index contributed by atoms with van der Waals surface area (Å²) >= 11 is 0. The number of hydrogen-bond acceptors (Lipinski definition) is 7. The van der Waals surface area contributed by atoms with Gasteiger partial charge >= 0.3 is 5.69 Å². The van der Waals surface area contributed by atoms with Crippen molar-refractivity contribution in [3.05, 3.63) is 10.1 Å². The van der Waals surface area contributed by atoms with Crippen LogP contribution in [0.15, 0.2) is 0 Å². The highest BCUT2D eigenvalue weighted by molar-refractivity contribution is 5.71. The van der Waals surface area contributed by atoms with E-state index < -0.39 is 4.92 Å². The van der Waals surface area contributed by atoms with Crippen LogP contribution in [0.3, 0.4) is 0 Å².